The number of hydroxylamine groups is 1. The number of hydrogen-bond donors (Lipinski definition) is 2. The van der Waals surface area contributed by atoms with E-state index in [1.807, 2.05) is 0 Å². The standard InChI is InChI=1S/C52H111NO7Si2/c1-9-13-17-21-25-37-47-55-51(58-61(5,6)57-49-39-27-23-19-15-11-3)43-32-28-30-40-50(42-34-36-46-54)41-31-29-33-44-52(56-48-38-26-22-18-14-10-2)59-62(7,8)60-53-45-35-24-20-16-12-4/h50-54H,9-49H2,1-8H3. The Hall–Kier alpha value is 0.114. The van der Waals surface area contributed by atoms with Crippen molar-refractivity contribution in [1.82, 2.24) is 5.48 Å². The van der Waals surface area contributed by atoms with E-state index in [0.29, 0.717) is 6.61 Å². The molecule has 0 rings (SSSR count). The molecule has 0 heterocycles. The second kappa shape index (κ2) is 46.2. The van der Waals surface area contributed by atoms with Gasteiger partial charge in [-0.15, -0.1) is 0 Å². The Bertz CT molecular complexity index is 822. The maximum absolute atomic E-state index is 9.52. The van der Waals surface area contributed by atoms with Crippen molar-refractivity contribution in [3.63, 3.8) is 0 Å². The van der Waals surface area contributed by atoms with Crippen LogP contribution in [-0.2, 0) is 27.3 Å². The predicted molar refractivity (Wildman–Crippen MR) is 271 cm³/mol. The van der Waals surface area contributed by atoms with Gasteiger partial charge in [0.25, 0.3) is 0 Å². The van der Waals surface area contributed by atoms with Crippen LogP contribution in [-0.4, -0.2) is 67.8 Å². The Labute approximate surface area is 390 Å². The second-order valence-corrected chi connectivity index (χ2v) is 26.1. The van der Waals surface area contributed by atoms with E-state index in [0.717, 1.165) is 96.5 Å². The Balaban J connectivity index is 4.98. The van der Waals surface area contributed by atoms with Crippen molar-refractivity contribution in [2.75, 3.05) is 33.0 Å². The third-order valence-corrected chi connectivity index (χ3v) is 15.4. The van der Waals surface area contributed by atoms with E-state index in [1.165, 1.54) is 167 Å². The first-order chi connectivity index (χ1) is 30.1. The van der Waals surface area contributed by atoms with Crippen molar-refractivity contribution in [2.24, 2.45) is 5.92 Å². The molecule has 0 spiro atoms. The predicted octanol–water partition coefficient (Wildman–Crippen LogP) is 16.4. The first-order valence-corrected chi connectivity index (χ1v) is 33.0. The molecular weight excluding hydrogens is 807 g/mol. The summed E-state index contributed by atoms with van der Waals surface area (Å²) < 4.78 is 38.7. The lowest BCUT2D eigenvalue weighted by atomic mass is 9.90. The van der Waals surface area contributed by atoms with Gasteiger partial charge in [0.15, 0.2) is 0 Å². The van der Waals surface area contributed by atoms with Crippen molar-refractivity contribution in [3.05, 3.63) is 0 Å². The number of nitrogens with one attached hydrogen (secondary N) is 1. The molecule has 0 aromatic carbocycles. The largest absolute Gasteiger partial charge is 0.396 e. The fourth-order valence-electron chi connectivity index (χ4n) is 8.28. The van der Waals surface area contributed by atoms with Crippen LogP contribution in [0.2, 0.25) is 26.2 Å². The summed E-state index contributed by atoms with van der Waals surface area (Å²) in [6.45, 7) is 21.3. The third-order valence-electron chi connectivity index (χ3n) is 12.2. The first kappa shape index (κ1) is 62.1. The normalized spacial score (nSPS) is 13.9. The van der Waals surface area contributed by atoms with Crippen molar-refractivity contribution >= 4 is 17.1 Å². The smallest absolute Gasteiger partial charge is 0.353 e. The number of aliphatic hydroxyl groups is 1. The van der Waals surface area contributed by atoms with E-state index in [2.05, 4.69) is 59.4 Å². The van der Waals surface area contributed by atoms with Gasteiger partial charge in [0.2, 0.25) is 0 Å². The van der Waals surface area contributed by atoms with Crippen LogP contribution in [0, 0.1) is 5.92 Å². The summed E-state index contributed by atoms with van der Waals surface area (Å²) in [6.07, 6.45) is 43.6. The Morgan fingerprint density at radius 2 is 0.742 bits per heavy atom. The van der Waals surface area contributed by atoms with Crippen LogP contribution in [0.3, 0.4) is 0 Å². The molecule has 0 radical (unpaired) electrons. The van der Waals surface area contributed by atoms with Gasteiger partial charge in [-0.05, 0) is 89.9 Å². The van der Waals surface area contributed by atoms with Crippen LogP contribution >= 0.6 is 0 Å². The number of hydrogen-bond acceptors (Lipinski definition) is 8. The number of rotatable bonds is 52. The SMILES string of the molecule is CCCCCCCCOC(CCCCCC(CCCCO)CCCCCC(OCCCCCCCC)O[Si](C)(C)ONCCCCCCC)O[Si](C)(C)OCCCCCCCC. The zero-order valence-corrected chi connectivity index (χ0v) is 45.1. The molecule has 0 aliphatic rings. The van der Waals surface area contributed by atoms with E-state index in [4.69, 9.17) is 27.3 Å². The Morgan fingerprint density at radius 1 is 0.387 bits per heavy atom. The molecule has 3 atom stereocenters. The van der Waals surface area contributed by atoms with Crippen LogP contribution < -0.4 is 5.48 Å². The van der Waals surface area contributed by atoms with E-state index in [-0.39, 0.29) is 12.6 Å². The van der Waals surface area contributed by atoms with Crippen molar-refractivity contribution < 1.29 is 32.4 Å². The van der Waals surface area contributed by atoms with Gasteiger partial charge < -0.3 is 32.4 Å². The van der Waals surface area contributed by atoms with Gasteiger partial charge in [-0.3, -0.25) is 0 Å². The summed E-state index contributed by atoms with van der Waals surface area (Å²) in [5, 5.41) is 9.52. The fraction of sp³-hybridized carbons (Fsp3) is 1.00. The number of ether oxygens (including phenoxy) is 2. The van der Waals surface area contributed by atoms with E-state index in [9.17, 15) is 5.11 Å². The minimum atomic E-state index is -2.38. The highest BCUT2D eigenvalue weighted by Gasteiger charge is 2.31. The van der Waals surface area contributed by atoms with Crippen molar-refractivity contribution in [1.29, 1.82) is 0 Å². The number of aliphatic hydroxyl groups excluding tert-OH is 1. The Morgan fingerprint density at radius 3 is 1.19 bits per heavy atom. The van der Waals surface area contributed by atoms with Gasteiger partial charge in [-0.2, -0.15) is 0 Å². The molecule has 0 aliphatic carbocycles. The lowest BCUT2D eigenvalue weighted by Gasteiger charge is -2.29. The summed E-state index contributed by atoms with van der Waals surface area (Å²) in [4.78, 5) is 0. The lowest BCUT2D eigenvalue weighted by Crippen LogP contribution is -2.44. The lowest BCUT2D eigenvalue weighted by molar-refractivity contribution is -0.108. The summed E-state index contributed by atoms with van der Waals surface area (Å²) in [5.41, 5.74) is 3.23. The molecule has 0 amide bonds. The molecule has 3 unspecified atom stereocenters. The van der Waals surface area contributed by atoms with Gasteiger partial charge in [-0.25, -0.2) is 5.48 Å². The second-order valence-electron chi connectivity index (χ2n) is 19.6. The minimum absolute atomic E-state index is 0.156. The average molecular weight is 919 g/mol. The van der Waals surface area contributed by atoms with Crippen LogP contribution in [0.25, 0.3) is 0 Å². The highest BCUT2D eigenvalue weighted by molar-refractivity contribution is 6.64. The summed E-state index contributed by atoms with van der Waals surface area (Å²) >= 11 is 0. The molecule has 0 bridgehead atoms. The topological polar surface area (TPSA) is 87.6 Å². The zero-order chi connectivity index (χ0) is 45.7. The maximum atomic E-state index is 9.52. The molecule has 8 nitrogen and oxygen atoms in total. The summed E-state index contributed by atoms with van der Waals surface area (Å²) in [7, 11) is -4.65. The van der Waals surface area contributed by atoms with Crippen LogP contribution in [0.5, 0.6) is 0 Å². The molecule has 2 N–H and O–H groups in total. The molecule has 62 heavy (non-hydrogen) atoms. The van der Waals surface area contributed by atoms with Gasteiger partial charge in [0, 0.05) is 33.0 Å². The minimum Gasteiger partial charge on any atom is -0.396 e. The van der Waals surface area contributed by atoms with Crippen molar-refractivity contribution in [3.8, 4) is 0 Å². The van der Waals surface area contributed by atoms with Gasteiger partial charge in [-0.1, -0.05) is 201 Å². The Kier molecular flexibility index (Phi) is 46.3. The number of unbranched alkanes of at least 4 members (excludes halogenated alkanes) is 24. The van der Waals surface area contributed by atoms with E-state index < -0.39 is 17.1 Å². The maximum Gasteiger partial charge on any atom is 0.353 e. The first-order valence-electron chi connectivity index (χ1n) is 27.4. The quantitative estimate of drug-likeness (QED) is 0.0270. The summed E-state index contributed by atoms with van der Waals surface area (Å²) in [5.74, 6) is 0.725. The van der Waals surface area contributed by atoms with Gasteiger partial charge >= 0.3 is 17.1 Å². The van der Waals surface area contributed by atoms with E-state index >= 15 is 0 Å². The molecule has 0 aliphatic heterocycles. The molecule has 0 fully saturated rings. The van der Waals surface area contributed by atoms with E-state index in [1.54, 1.807) is 0 Å². The molecule has 0 aromatic rings. The fourth-order valence-corrected chi connectivity index (χ4v) is 11.1. The van der Waals surface area contributed by atoms with Crippen molar-refractivity contribution in [2.45, 2.75) is 298 Å². The van der Waals surface area contributed by atoms with Gasteiger partial charge in [0.1, 0.15) is 12.6 Å². The van der Waals surface area contributed by atoms with Crippen LogP contribution in [0.4, 0.5) is 0 Å². The highest BCUT2D eigenvalue weighted by Crippen LogP contribution is 2.26. The average Bonchev–Trinajstić information content (AvgIpc) is 3.24. The zero-order valence-electron chi connectivity index (χ0n) is 43.1. The third kappa shape index (κ3) is 44.0. The molecule has 0 saturated carbocycles. The molecule has 0 aromatic heterocycles. The molecule has 0 saturated heterocycles. The molecule has 374 valence electrons. The van der Waals surface area contributed by atoms with Crippen LogP contribution in [0.15, 0.2) is 0 Å². The molecular formula is C52H111NO7Si2. The monoisotopic (exact) mass is 918 g/mol. The summed E-state index contributed by atoms with van der Waals surface area (Å²) in [6, 6.07) is 0. The highest BCUT2D eigenvalue weighted by atomic mass is 28.4. The van der Waals surface area contributed by atoms with Gasteiger partial charge in [0.05, 0.1) is 0 Å². The molecule has 10 heteroatoms. The van der Waals surface area contributed by atoms with Crippen LogP contribution in [0.1, 0.15) is 259 Å².